The van der Waals surface area contributed by atoms with Crippen molar-refractivity contribution in [3.8, 4) is 0 Å². The van der Waals surface area contributed by atoms with E-state index in [0.717, 1.165) is 25.7 Å². The van der Waals surface area contributed by atoms with E-state index in [4.69, 9.17) is 45.3 Å². The largest absolute Gasteiger partial charge is 0.467 e. The number of aromatic nitrogens is 1. The number of methoxy groups -OCH3 is 1. The molecule has 0 bridgehead atoms. The average molecular weight is 696 g/mol. The van der Waals surface area contributed by atoms with Crippen LogP contribution in [0.1, 0.15) is 48.0 Å². The van der Waals surface area contributed by atoms with Gasteiger partial charge in [0.2, 0.25) is 10.0 Å². The number of guanidine groups is 1. The van der Waals surface area contributed by atoms with Crippen molar-refractivity contribution in [3.05, 3.63) is 81.1 Å². The lowest BCUT2D eigenvalue weighted by molar-refractivity contribution is -0.142. The molecule has 15 heteroatoms. The van der Waals surface area contributed by atoms with E-state index in [9.17, 15) is 18.0 Å². The Labute approximate surface area is 276 Å². The van der Waals surface area contributed by atoms with Gasteiger partial charge in [0.05, 0.1) is 28.4 Å². The van der Waals surface area contributed by atoms with Gasteiger partial charge in [0, 0.05) is 36.1 Å². The van der Waals surface area contributed by atoms with Crippen molar-refractivity contribution in [1.29, 1.82) is 0 Å². The maximum atomic E-state index is 13.2. The summed E-state index contributed by atoms with van der Waals surface area (Å²) in [4.78, 5) is 33.4. The Balaban J connectivity index is 1.47. The molecule has 0 spiro atoms. The Morgan fingerprint density at radius 1 is 1.02 bits per heavy atom. The van der Waals surface area contributed by atoms with Crippen molar-refractivity contribution in [1.82, 2.24) is 9.71 Å². The highest BCUT2D eigenvalue weighted by Gasteiger charge is 2.24. The van der Waals surface area contributed by atoms with E-state index < -0.39 is 27.9 Å². The molecule has 1 heterocycles. The van der Waals surface area contributed by atoms with Crippen molar-refractivity contribution >= 4 is 74.0 Å². The highest BCUT2D eigenvalue weighted by atomic mass is 35.5. The van der Waals surface area contributed by atoms with Crippen LogP contribution < -0.4 is 21.1 Å². The highest BCUT2D eigenvalue weighted by molar-refractivity contribution is 7.89. The monoisotopic (exact) mass is 694 g/mol. The number of carbonyl (C=O) groups is 2. The molecule has 4 rings (SSSR count). The fourth-order valence-corrected chi connectivity index (χ4v) is 6.92. The van der Waals surface area contributed by atoms with Gasteiger partial charge < -0.3 is 21.1 Å². The number of benzene rings is 2. The molecule has 1 aromatic heterocycles. The molecule has 0 aliphatic heterocycles. The first-order valence-electron chi connectivity index (χ1n) is 14.1. The topological polar surface area (TPSA) is 165 Å². The molecule has 2 aromatic carbocycles. The van der Waals surface area contributed by atoms with Crippen molar-refractivity contribution in [2.45, 2.75) is 49.5 Å². The normalized spacial score (nSPS) is 14.9. The molecule has 5 N–H and O–H groups in total. The summed E-state index contributed by atoms with van der Waals surface area (Å²) in [5.74, 6) is -1.10. The summed E-state index contributed by atoms with van der Waals surface area (Å²) >= 11 is 18.3. The molecule has 1 aliphatic rings. The molecule has 0 unspecified atom stereocenters. The Kier molecular flexibility index (Phi) is 12.0. The van der Waals surface area contributed by atoms with Crippen LogP contribution in [0.5, 0.6) is 0 Å². The van der Waals surface area contributed by atoms with E-state index in [-0.39, 0.29) is 49.5 Å². The summed E-state index contributed by atoms with van der Waals surface area (Å²) < 4.78 is 34.1. The number of anilines is 2. The molecule has 1 aliphatic carbocycles. The molecule has 1 amide bonds. The van der Waals surface area contributed by atoms with Crippen molar-refractivity contribution < 1.29 is 22.7 Å². The SMILES string of the molecule is COC(=O)[C@H](Cc1ccc(NC(=O)c2c(Cl)cncc2Cl)cc1)N=C(N)Nc1cc(Cl)ccc1S(=O)(=O)NCC1CCCCC1. The maximum absolute atomic E-state index is 13.2. The first kappa shape index (κ1) is 34.5. The smallest absolute Gasteiger partial charge is 0.331 e. The van der Waals surface area contributed by atoms with Gasteiger partial charge in [-0.05, 0) is 54.7 Å². The molecule has 240 valence electrons. The van der Waals surface area contributed by atoms with Gasteiger partial charge in [-0.3, -0.25) is 9.78 Å². The fraction of sp³-hybridized carbons (Fsp3) is 0.333. The summed E-state index contributed by atoms with van der Waals surface area (Å²) in [6.45, 7) is 0.339. The number of hydrogen-bond donors (Lipinski definition) is 4. The van der Waals surface area contributed by atoms with E-state index in [1.807, 2.05) is 0 Å². The van der Waals surface area contributed by atoms with Crippen LogP contribution in [-0.4, -0.2) is 50.9 Å². The van der Waals surface area contributed by atoms with Crippen LogP contribution in [0, 0.1) is 5.92 Å². The summed E-state index contributed by atoms with van der Waals surface area (Å²) in [6, 6.07) is 9.88. The molecule has 0 saturated heterocycles. The first-order chi connectivity index (χ1) is 21.5. The number of amides is 1. The highest BCUT2D eigenvalue weighted by Crippen LogP contribution is 2.28. The van der Waals surface area contributed by atoms with Gasteiger partial charge in [0.15, 0.2) is 12.0 Å². The minimum Gasteiger partial charge on any atom is -0.467 e. The summed E-state index contributed by atoms with van der Waals surface area (Å²) in [5, 5.41) is 6.00. The van der Waals surface area contributed by atoms with Crippen LogP contribution in [0.2, 0.25) is 15.1 Å². The predicted molar refractivity (Wildman–Crippen MR) is 177 cm³/mol. The molecule has 11 nitrogen and oxygen atoms in total. The Bertz CT molecular complexity index is 1640. The zero-order chi connectivity index (χ0) is 32.6. The second kappa shape index (κ2) is 15.7. The van der Waals surface area contributed by atoms with Crippen LogP contribution in [-0.2, 0) is 26.0 Å². The third-order valence-corrected chi connectivity index (χ3v) is 9.56. The van der Waals surface area contributed by atoms with Crippen LogP contribution in [0.15, 0.2) is 64.7 Å². The molecule has 1 atom stereocenters. The summed E-state index contributed by atoms with van der Waals surface area (Å²) in [7, 11) is -2.68. The zero-order valence-corrected chi connectivity index (χ0v) is 27.4. The van der Waals surface area contributed by atoms with Crippen molar-refractivity contribution in [3.63, 3.8) is 0 Å². The number of nitrogens with zero attached hydrogens (tertiary/aromatic N) is 2. The van der Waals surface area contributed by atoms with Crippen molar-refractivity contribution in [2.24, 2.45) is 16.6 Å². The Morgan fingerprint density at radius 2 is 1.69 bits per heavy atom. The number of halogens is 3. The number of esters is 1. The van der Waals surface area contributed by atoms with Crippen molar-refractivity contribution in [2.75, 3.05) is 24.3 Å². The fourth-order valence-electron chi connectivity index (χ4n) is 4.96. The van der Waals surface area contributed by atoms with Gasteiger partial charge in [0.1, 0.15) is 4.90 Å². The number of rotatable bonds is 11. The van der Waals surface area contributed by atoms with Gasteiger partial charge in [-0.25, -0.2) is 22.9 Å². The summed E-state index contributed by atoms with van der Waals surface area (Å²) in [6.07, 6.45) is 8.04. The van der Waals surface area contributed by atoms with E-state index in [0.29, 0.717) is 17.8 Å². The van der Waals surface area contributed by atoms with Crippen LogP contribution >= 0.6 is 34.8 Å². The lowest BCUT2D eigenvalue weighted by Crippen LogP contribution is -2.33. The van der Waals surface area contributed by atoms with E-state index in [1.54, 1.807) is 24.3 Å². The second-order valence-electron chi connectivity index (χ2n) is 10.5. The molecule has 1 fully saturated rings. The van der Waals surface area contributed by atoms with Crippen LogP contribution in [0.4, 0.5) is 11.4 Å². The lowest BCUT2D eigenvalue weighted by atomic mass is 9.90. The second-order valence-corrected chi connectivity index (χ2v) is 13.5. The molecular weight excluding hydrogens is 663 g/mol. The standard InChI is InChI=1S/C30H33Cl3N6O5S/c1-44-29(41)25(13-18-7-10-21(11-8-18)37-28(40)27-22(32)16-35-17-23(27)33)39-30(34)38-24-14-20(31)9-12-26(24)45(42,43)36-15-19-5-3-2-4-6-19/h7-12,14,16-17,19,25,36H,2-6,13,15H2,1H3,(H,37,40)(H3,34,38,39)/t25-/m0/s1. The Hall–Kier alpha value is -3.42. The number of aliphatic imine (C=N–C) groups is 1. The lowest BCUT2D eigenvalue weighted by Gasteiger charge is -2.22. The van der Waals surface area contributed by atoms with Gasteiger partial charge in [-0.15, -0.1) is 0 Å². The molecule has 45 heavy (non-hydrogen) atoms. The molecule has 0 radical (unpaired) electrons. The number of sulfonamides is 1. The van der Waals surface area contributed by atoms with E-state index in [2.05, 4.69) is 25.3 Å². The minimum atomic E-state index is -3.91. The molecule has 1 saturated carbocycles. The van der Waals surface area contributed by atoms with Crippen LogP contribution in [0.3, 0.4) is 0 Å². The number of carbonyl (C=O) groups excluding carboxylic acids is 2. The summed E-state index contributed by atoms with van der Waals surface area (Å²) in [5.41, 5.74) is 7.50. The molecule has 3 aromatic rings. The third kappa shape index (κ3) is 9.54. The third-order valence-electron chi connectivity index (χ3n) is 7.27. The quantitative estimate of drug-likeness (QED) is 0.113. The molecular formula is C30H33Cl3N6O5S. The Morgan fingerprint density at radius 3 is 2.33 bits per heavy atom. The van der Waals surface area contributed by atoms with E-state index >= 15 is 0 Å². The van der Waals surface area contributed by atoms with E-state index in [1.165, 1.54) is 44.1 Å². The number of nitrogens with two attached hydrogens (primary N) is 1. The number of nitrogens with one attached hydrogen (secondary N) is 3. The van der Waals surface area contributed by atoms with Gasteiger partial charge in [-0.1, -0.05) is 66.2 Å². The minimum absolute atomic E-state index is 0.0533. The maximum Gasteiger partial charge on any atom is 0.331 e. The average Bonchev–Trinajstić information content (AvgIpc) is 3.00. The van der Waals surface area contributed by atoms with Gasteiger partial charge in [0.25, 0.3) is 5.91 Å². The number of ether oxygens (including phenoxy) is 1. The zero-order valence-electron chi connectivity index (χ0n) is 24.4. The first-order valence-corrected chi connectivity index (χ1v) is 16.7. The van der Waals surface area contributed by atoms with Gasteiger partial charge >= 0.3 is 5.97 Å². The van der Waals surface area contributed by atoms with Gasteiger partial charge in [-0.2, -0.15) is 0 Å². The van der Waals surface area contributed by atoms with Crippen LogP contribution in [0.25, 0.3) is 0 Å². The number of pyridine rings is 1. The predicted octanol–water partition coefficient (Wildman–Crippen LogP) is 5.66. The number of hydrogen-bond acceptors (Lipinski definition) is 7.